The Hall–Kier alpha value is -1.55. The van der Waals surface area contributed by atoms with Crippen molar-refractivity contribution in [2.24, 2.45) is 11.7 Å². The van der Waals surface area contributed by atoms with Crippen molar-refractivity contribution in [2.45, 2.75) is 13.3 Å². The molecule has 0 aliphatic carbocycles. The molecule has 0 aromatic heterocycles. The van der Waals surface area contributed by atoms with Crippen molar-refractivity contribution in [3.8, 4) is 5.75 Å². The molecule has 0 saturated heterocycles. The van der Waals surface area contributed by atoms with Crippen LogP contribution < -0.4 is 10.5 Å². The summed E-state index contributed by atoms with van der Waals surface area (Å²) in [6.45, 7) is 2.80. The standard InChI is InChI=1S/C13H19NO3/c1-3-17-12-7-5-4-6-10(12)8-11(9-14)13(15)16-2/h4-7,11H,3,8-9,14H2,1-2H3. The number of carbonyl (C=O) groups excluding carboxylic acids is 1. The first-order chi connectivity index (χ1) is 8.22. The minimum absolute atomic E-state index is 0.271. The van der Waals surface area contributed by atoms with Gasteiger partial charge in [-0.3, -0.25) is 4.79 Å². The van der Waals surface area contributed by atoms with Crippen LogP contribution in [0.3, 0.4) is 0 Å². The summed E-state index contributed by atoms with van der Waals surface area (Å²) < 4.78 is 10.2. The Balaban J connectivity index is 2.81. The van der Waals surface area contributed by atoms with Crippen molar-refractivity contribution in [2.75, 3.05) is 20.3 Å². The first kappa shape index (κ1) is 13.5. The van der Waals surface area contributed by atoms with Gasteiger partial charge in [-0.15, -0.1) is 0 Å². The Morgan fingerprint density at radius 1 is 1.41 bits per heavy atom. The Morgan fingerprint density at radius 2 is 2.12 bits per heavy atom. The zero-order valence-electron chi connectivity index (χ0n) is 10.3. The first-order valence-corrected chi connectivity index (χ1v) is 5.71. The van der Waals surface area contributed by atoms with E-state index in [2.05, 4.69) is 0 Å². The highest BCUT2D eigenvalue weighted by atomic mass is 16.5. The van der Waals surface area contributed by atoms with Crippen LogP contribution in [0.25, 0.3) is 0 Å². The molecule has 0 amide bonds. The van der Waals surface area contributed by atoms with Crippen LogP contribution in [0.5, 0.6) is 5.75 Å². The van der Waals surface area contributed by atoms with Gasteiger partial charge in [0.2, 0.25) is 0 Å². The van der Waals surface area contributed by atoms with Crippen LogP contribution in [0, 0.1) is 5.92 Å². The lowest BCUT2D eigenvalue weighted by Gasteiger charge is -2.15. The highest BCUT2D eigenvalue weighted by Crippen LogP contribution is 2.21. The Kier molecular flexibility index (Phi) is 5.49. The predicted molar refractivity (Wildman–Crippen MR) is 65.9 cm³/mol. The largest absolute Gasteiger partial charge is 0.494 e. The third kappa shape index (κ3) is 3.75. The average Bonchev–Trinajstić information content (AvgIpc) is 2.37. The SMILES string of the molecule is CCOc1ccccc1CC(CN)C(=O)OC. The van der Waals surface area contributed by atoms with Gasteiger partial charge in [-0.05, 0) is 25.0 Å². The maximum Gasteiger partial charge on any atom is 0.310 e. The zero-order valence-corrected chi connectivity index (χ0v) is 10.3. The molecule has 0 fully saturated rings. The molecule has 0 spiro atoms. The predicted octanol–water partition coefficient (Wildman–Crippen LogP) is 1.38. The lowest BCUT2D eigenvalue weighted by atomic mass is 9.99. The van der Waals surface area contributed by atoms with E-state index in [1.54, 1.807) is 0 Å². The van der Waals surface area contributed by atoms with Gasteiger partial charge in [0.15, 0.2) is 0 Å². The van der Waals surface area contributed by atoms with Gasteiger partial charge in [0.1, 0.15) is 5.75 Å². The second kappa shape index (κ2) is 6.91. The number of ether oxygens (including phenoxy) is 2. The summed E-state index contributed by atoms with van der Waals surface area (Å²) >= 11 is 0. The van der Waals surface area contributed by atoms with E-state index in [0.717, 1.165) is 11.3 Å². The van der Waals surface area contributed by atoms with E-state index in [1.165, 1.54) is 7.11 Å². The minimum atomic E-state index is -0.318. The maximum absolute atomic E-state index is 11.5. The number of esters is 1. The molecule has 0 saturated carbocycles. The fourth-order valence-electron chi connectivity index (χ4n) is 1.66. The van der Waals surface area contributed by atoms with Gasteiger partial charge in [0.25, 0.3) is 0 Å². The number of nitrogens with two attached hydrogens (primary N) is 1. The molecule has 0 radical (unpaired) electrons. The third-order valence-electron chi connectivity index (χ3n) is 2.56. The van der Waals surface area contributed by atoms with Crippen LogP contribution in [-0.4, -0.2) is 26.2 Å². The van der Waals surface area contributed by atoms with Crippen molar-refractivity contribution < 1.29 is 14.3 Å². The number of para-hydroxylation sites is 1. The molecule has 0 heterocycles. The molecule has 4 heteroatoms. The summed E-state index contributed by atoms with van der Waals surface area (Å²) in [6, 6.07) is 7.66. The Bertz CT molecular complexity index is 365. The molecule has 2 N–H and O–H groups in total. The van der Waals surface area contributed by atoms with Crippen LogP contribution in [0.2, 0.25) is 0 Å². The van der Waals surface area contributed by atoms with E-state index in [1.807, 2.05) is 31.2 Å². The highest BCUT2D eigenvalue weighted by molar-refractivity contribution is 5.73. The average molecular weight is 237 g/mol. The molecule has 0 aliphatic heterocycles. The molecule has 1 unspecified atom stereocenters. The molecule has 94 valence electrons. The van der Waals surface area contributed by atoms with Crippen LogP contribution >= 0.6 is 0 Å². The molecule has 1 atom stereocenters. The first-order valence-electron chi connectivity index (χ1n) is 5.71. The fourth-order valence-corrected chi connectivity index (χ4v) is 1.66. The molecule has 0 aliphatic rings. The quantitative estimate of drug-likeness (QED) is 0.759. The van der Waals surface area contributed by atoms with Gasteiger partial charge < -0.3 is 15.2 Å². The van der Waals surface area contributed by atoms with Gasteiger partial charge in [-0.2, -0.15) is 0 Å². The molecule has 1 aromatic carbocycles. The fraction of sp³-hybridized carbons (Fsp3) is 0.462. The number of hydrogen-bond donors (Lipinski definition) is 1. The van der Waals surface area contributed by atoms with Crippen LogP contribution in [0.1, 0.15) is 12.5 Å². The Morgan fingerprint density at radius 3 is 2.71 bits per heavy atom. The lowest BCUT2D eigenvalue weighted by molar-refractivity contribution is -0.145. The lowest BCUT2D eigenvalue weighted by Crippen LogP contribution is -2.27. The summed E-state index contributed by atoms with van der Waals surface area (Å²) in [6.07, 6.45) is 0.541. The van der Waals surface area contributed by atoms with Crippen molar-refractivity contribution >= 4 is 5.97 Å². The van der Waals surface area contributed by atoms with E-state index in [0.29, 0.717) is 13.0 Å². The Labute approximate surface area is 102 Å². The molecule has 4 nitrogen and oxygen atoms in total. The van der Waals surface area contributed by atoms with E-state index in [9.17, 15) is 4.79 Å². The highest BCUT2D eigenvalue weighted by Gasteiger charge is 2.19. The van der Waals surface area contributed by atoms with Gasteiger partial charge in [0.05, 0.1) is 19.6 Å². The number of methoxy groups -OCH3 is 1. The van der Waals surface area contributed by atoms with E-state index >= 15 is 0 Å². The molecular weight excluding hydrogens is 218 g/mol. The van der Waals surface area contributed by atoms with Crippen molar-refractivity contribution in [3.05, 3.63) is 29.8 Å². The molecule has 1 rings (SSSR count). The summed E-state index contributed by atoms with van der Waals surface area (Å²) in [5.74, 6) is 0.206. The maximum atomic E-state index is 11.5. The van der Waals surface area contributed by atoms with Crippen LogP contribution in [0.15, 0.2) is 24.3 Å². The third-order valence-corrected chi connectivity index (χ3v) is 2.56. The van der Waals surface area contributed by atoms with E-state index < -0.39 is 0 Å². The van der Waals surface area contributed by atoms with Gasteiger partial charge in [-0.1, -0.05) is 18.2 Å². The normalized spacial score (nSPS) is 11.9. The van der Waals surface area contributed by atoms with Crippen molar-refractivity contribution in [1.82, 2.24) is 0 Å². The van der Waals surface area contributed by atoms with E-state index in [-0.39, 0.29) is 18.4 Å². The van der Waals surface area contributed by atoms with Crippen molar-refractivity contribution in [1.29, 1.82) is 0 Å². The van der Waals surface area contributed by atoms with Gasteiger partial charge in [0, 0.05) is 6.54 Å². The minimum Gasteiger partial charge on any atom is -0.494 e. The van der Waals surface area contributed by atoms with Crippen molar-refractivity contribution in [3.63, 3.8) is 0 Å². The number of hydrogen-bond acceptors (Lipinski definition) is 4. The molecule has 0 bridgehead atoms. The molecular formula is C13H19NO3. The zero-order chi connectivity index (χ0) is 12.7. The molecule has 17 heavy (non-hydrogen) atoms. The summed E-state index contributed by atoms with van der Waals surface area (Å²) in [4.78, 5) is 11.5. The number of carbonyl (C=O) groups is 1. The van der Waals surface area contributed by atoms with Crippen LogP contribution in [0.4, 0.5) is 0 Å². The van der Waals surface area contributed by atoms with Crippen LogP contribution in [-0.2, 0) is 16.0 Å². The topological polar surface area (TPSA) is 61.5 Å². The molecule has 1 aromatic rings. The summed E-state index contributed by atoms with van der Waals surface area (Å²) in [5, 5.41) is 0. The second-order valence-electron chi connectivity index (χ2n) is 3.70. The summed E-state index contributed by atoms with van der Waals surface area (Å²) in [7, 11) is 1.37. The van der Waals surface area contributed by atoms with Gasteiger partial charge in [-0.25, -0.2) is 0 Å². The second-order valence-corrected chi connectivity index (χ2v) is 3.70. The van der Waals surface area contributed by atoms with Gasteiger partial charge >= 0.3 is 5.97 Å². The van der Waals surface area contributed by atoms with E-state index in [4.69, 9.17) is 15.2 Å². The number of rotatable bonds is 6. The summed E-state index contributed by atoms with van der Waals surface area (Å²) in [5.41, 5.74) is 6.56. The monoisotopic (exact) mass is 237 g/mol. The smallest absolute Gasteiger partial charge is 0.310 e. The number of benzene rings is 1.